The van der Waals surface area contributed by atoms with E-state index in [1.807, 2.05) is 0 Å². The molecule has 1 radical (unpaired) electrons. The zero-order chi connectivity index (χ0) is 19.7. The van der Waals surface area contributed by atoms with Crippen molar-refractivity contribution >= 4 is 32.9 Å². The van der Waals surface area contributed by atoms with E-state index >= 15 is 0 Å². The van der Waals surface area contributed by atoms with Crippen LogP contribution in [-0.4, -0.2) is 59.2 Å². The van der Waals surface area contributed by atoms with Crippen LogP contribution in [0.25, 0.3) is 14.6 Å². The summed E-state index contributed by atoms with van der Waals surface area (Å²) in [7, 11) is -4.42. The van der Waals surface area contributed by atoms with Crippen molar-refractivity contribution < 1.29 is 45.1 Å². The van der Waals surface area contributed by atoms with Gasteiger partial charge in [0.1, 0.15) is 0 Å². The minimum absolute atomic E-state index is 0. The van der Waals surface area contributed by atoms with Crippen LogP contribution in [0.4, 0.5) is 0 Å². The van der Waals surface area contributed by atoms with Gasteiger partial charge in [0.05, 0.1) is 0 Å². The summed E-state index contributed by atoms with van der Waals surface area (Å²) in [5.41, 5.74) is 0. The molecule has 1 fully saturated rings. The van der Waals surface area contributed by atoms with Gasteiger partial charge in [-0.25, -0.2) is 0 Å². The number of hydrogen-bond donors (Lipinski definition) is 0. The molecule has 0 N–H and O–H groups in total. The van der Waals surface area contributed by atoms with E-state index in [1.54, 1.807) is 0 Å². The molecule has 0 amide bonds. The molecule has 1 saturated heterocycles. The largest absolute Gasteiger partial charge is 3.00 e. The van der Waals surface area contributed by atoms with Gasteiger partial charge in [0, 0.05) is 13.2 Å². The summed E-state index contributed by atoms with van der Waals surface area (Å²) >= 11 is 0. The number of morpholine rings is 1. The van der Waals surface area contributed by atoms with Gasteiger partial charge in [0.15, 0.2) is 0 Å². The predicted molar refractivity (Wildman–Crippen MR) is 124 cm³/mol. The van der Waals surface area contributed by atoms with E-state index < -0.39 is 32.9 Å². The van der Waals surface area contributed by atoms with Crippen LogP contribution in [0.15, 0.2) is 0 Å². The van der Waals surface area contributed by atoms with Gasteiger partial charge >= 0.3 is 40.4 Å². The molecule has 1 heterocycles. The third-order valence-corrected chi connectivity index (χ3v) is 12.9. The fraction of sp³-hybridized carbons (Fsp3) is 1.00. The van der Waals surface area contributed by atoms with Gasteiger partial charge in [-0.15, -0.1) is 13.1 Å². The minimum atomic E-state index is -1.11. The van der Waals surface area contributed by atoms with Gasteiger partial charge in [-0.1, -0.05) is 112 Å². The summed E-state index contributed by atoms with van der Waals surface area (Å²) in [6.07, 6.45) is 0. The van der Waals surface area contributed by atoms with Crippen LogP contribution < -0.4 is 0 Å². The Morgan fingerprint density at radius 1 is 0.560 bits per heavy atom. The Balaban J connectivity index is -0.000000289. The molecule has 0 unspecified atom stereocenters. The molecule has 151 valence electrons. The second-order valence-electron chi connectivity index (χ2n) is 10.2. The molecule has 0 saturated carbocycles. The standard InChI is InChI=1S/2C6H18NSi2.C4H8NO.Sm/c2*1-8(2,3)7-9(4,5)6;1-3-6-4-2-5-1;/h2*1-6H3;1-4H2;/q3*-1;+3. The molecule has 0 aromatic heterocycles. The van der Waals surface area contributed by atoms with E-state index in [-0.39, 0.29) is 40.4 Å². The Morgan fingerprint density at radius 3 is 0.840 bits per heavy atom. The number of ether oxygens (including phenoxy) is 1. The summed E-state index contributed by atoms with van der Waals surface area (Å²) < 4.78 is 14.6. The first-order chi connectivity index (χ1) is 10.4. The van der Waals surface area contributed by atoms with E-state index in [0.29, 0.717) is 0 Å². The maximum atomic E-state index is 4.98. The van der Waals surface area contributed by atoms with Gasteiger partial charge in [0.2, 0.25) is 0 Å². The Morgan fingerprint density at radius 2 is 0.800 bits per heavy atom. The molecule has 0 aromatic carbocycles. The molecule has 0 aromatic rings. The van der Waals surface area contributed by atoms with Crippen molar-refractivity contribution in [3.63, 3.8) is 0 Å². The zero-order valence-corrected chi connectivity index (χ0v) is 25.6. The Bertz CT molecular complexity index is 256. The monoisotopic (exact) mass is 558 g/mol. The number of nitrogens with zero attached hydrogens (tertiary/aromatic N) is 3. The average Bonchev–Trinajstić information content (AvgIpc) is 2.22. The molecule has 9 heteroatoms. The quantitative estimate of drug-likeness (QED) is 0.367. The zero-order valence-electron chi connectivity index (χ0n) is 19.0. The summed E-state index contributed by atoms with van der Waals surface area (Å²) in [5.74, 6) is 0. The fourth-order valence-electron chi connectivity index (χ4n) is 2.48. The first-order valence-electron chi connectivity index (χ1n) is 9.10. The summed E-state index contributed by atoms with van der Waals surface area (Å²) in [6.45, 7) is 31.0. The third-order valence-electron chi connectivity index (χ3n) is 2.13. The van der Waals surface area contributed by atoms with Crippen LogP contribution in [-0.2, 0) is 4.74 Å². The van der Waals surface area contributed by atoms with Crippen molar-refractivity contribution in [3.8, 4) is 0 Å². The van der Waals surface area contributed by atoms with Gasteiger partial charge in [-0.05, 0) is 0 Å². The topological polar surface area (TPSA) is 51.5 Å². The van der Waals surface area contributed by atoms with Crippen LogP contribution in [0.1, 0.15) is 0 Å². The van der Waals surface area contributed by atoms with Crippen molar-refractivity contribution in [2.45, 2.75) is 78.6 Å². The molecule has 0 atom stereocenters. The molecular weight excluding hydrogens is 513 g/mol. The van der Waals surface area contributed by atoms with Gasteiger partial charge < -0.3 is 19.3 Å². The van der Waals surface area contributed by atoms with Crippen molar-refractivity contribution in [1.29, 1.82) is 0 Å². The molecule has 1 aliphatic rings. The molecule has 0 aliphatic carbocycles. The van der Waals surface area contributed by atoms with Crippen LogP contribution >= 0.6 is 0 Å². The second kappa shape index (κ2) is 14.1. The first-order valence-corrected chi connectivity index (χ1v) is 22.9. The molecule has 4 nitrogen and oxygen atoms in total. The average molecular weight is 557 g/mol. The normalized spacial score (nSPS) is 15.8. The van der Waals surface area contributed by atoms with E-state index in [0.717, 1.165) is 26.3 Å². The van der Waals surface area contributed by atoms with Crippen LogP contribution in [0.2, 0.25) is 78.6 Å². The molecule has 25 heavy (non-hydrogen) atoms. The number of rotatable bonds is 4. The SMILES string of the molecule is C1COCC[N-]1.C[Si](C)(C)[N-][Si](C)(C)C.C[Si](C)(C)[N-][Si](C)(C)C.[Sm+3]. The molecule has 0 bridgehead atoms. The van der Waals surface area contributed by atoms with Crippen molar-refractivity contribution in [1.82, 2.24) is 0 Å². The Hall–Kier alpha value is 2.05. The smallest absolute Gasteiger partial charge is 0.668 e. The van der Waals surface area contributed by atoms with Gasteiger partial charge in [-0.2, -0.15) is 0 Å². The van der Waals surface area contributed by atoms with Crippen LogP contribution in [0.3, 0.4) is 0 Å². The third kappa shape index (κ3) is 37.5. The number of hydrogen-bond acceptors (Lipinski definition) is 1. The van der Waals surface area contributed by atoms with Crippen molar-refractivity contribution in [2.24, 2.45) is 0 Å². The minimum Gasteiger partial charge on any atom is -0.668 e. The Labute approximate surface area is 195 Å². The van der Waals surface area contributed by atoms with E-state index in [1.165, 1.54) is 0 Å². The second-order valence-corrected chi connectivity index (χ2v) is 29.3. The van der Waals surface area contributed by atoms with Gasteiger partial charge in [-0.3, -0.25) is 0 Å². The summed E-state index contributed by atoms with van der Waals surface area (Å²) in [5, 5.41) is 4.05. The predicted octanol–water partition coefficient (Wildman–Crippen LogP) is 6.45. The first kappa shape index (κ1) is 31.7. The maximum Gasteiger partial charge on any atom is 3.00 e. The molecule has 0 spiro atoms. The van der Waals surface area contributed by atoms with Crippen molar-refractivity contribution in [2.75, 3.05) is 26.3 Å². The van der Waals surface area contributed by atoms with Gasteiger partial charge in [0.25, 0.3) is 0 Å². The van der Waals surface area contributed by atoms with Crippen molar-refractivity contribution in [3.05, 3.63) is 14.6 Å². The molecular formula is C16H44N3OSi4Sm. The Kier molecular flexibility index (Phi) is 17.9. The van der Waals surface area contributed by atoms with E-state index in [9.17, 15) is 0 Å². The van der Waals surface area contributed by atoms with E-state index in [4.69, 9.17) is 14.0 Å². The fourth-order valence-corrected chi connectivity index (χ4v) is 18.6. The maximum absolute atomic E-state index is 4.98. The molecule has 1 aliphatic heterocycles. The van der Waals surface area contributed by atoms with Crippen LogP contribution in [0.5, 0.6) is 0 Å². The summed E-state index contributed by atoms with van der Waals surface area (Å²) in [4.78, 5) is 0. The molecule has 1 rings (SSSR count). The van der Waals surface area contributed by atoms with Crippen LogP contribution in [0, 0.1) is 40.4 Å². The summed E-state index contributed by atoms with van der Waals surface area (Å²) in [6, 6.07) is 0. The van der Waals surface area contributed by atoms with E-state index in [2.05, 4.69) is 83.9 Å².